The average Bonchev–Trinajstić information content (AvgIpc) is 3.22. The predicted octanol–water partition coefficient (Wildman–Crippen LogP) is 3.09. The zero-order valence-corrected chi connectivity index (χ0v) is 19.1. The number of hydrogen-bond donors (Lipinski definition) is 0. The summed E-state index contributed by atoms with van der Waals surface area (Å²) in [6, 6.07) is 11.3. The maximum atomic E-state index is 13.3. The molecule has 2 heterocycles. The van der Waals surface area contributed by atoms with Crippen LogP contribution in [0.4, 0.5) is 5.69 Å². The first kappa shape index (κ1) is 22.7. The van der Waals surface area contributed by atoms with Gasteiger partial charge in [0.1, 0.15) is 0 Å². The van der Waals surface area contributed by atoms with Gasteiger partial charge in [0.15, 0.2) is 0 Å². The quantitative estimate of drug-likeness (QED) is 0.255. The molecule has 0 saturated carbocycles. The van der Waals surface area contributed by atoms with Gasteiger partial charge in [-0.25, -0.2) is 9.59 Å². The number of fused-ring (bicyclic) bond motifs is 1. The number of carbonyl (C=O) groups excluding carboxylic acids is 1. The number of aromatic nitrogens is 3. The first-order valence-electron chi connectivity index (χ1n) is 10.5. The number of para-hydroxylation sites is 1. The van der Waals surface area contributed by atoms with Crippen molar-refractivity contribution in [2.24, 2.45) is 14.1 Å². The van der Waals surface area contributed by atoms with E-state index in [4.69, 9.17) is 4.74 Å². The van der Waals surface area contributed by atoms with E-state index in [0.717, 1.165) is 4.57 Å². The summed E-state index contributed by atoms with van der Waals surface area (Å²) in [6.45, 7) is 3.49. The van der Waals surface area contributed by atoms with Gasteiger partial charge in [0.2, 0.25) is 0 Å². The Kier molecular flexibility index (Phi) is 5.66. The normalized spacial score (nSPS) is 11.1. The first-order chi connectivity index (χ1) is 16.2. The van der Waals surface area contributed by atoms with Gasteiger partial charge >= 0.3 is 11.7 Å². The molecule has 0 saturated heterocycles. The van der Waals surface area contributed by atoms with Gasteiger partial charge in [0.05, 0.1) is 39.4 Å². The van der Waals surface area contributed by atoms with Crippen LogP contribution in [0.5, 0.6) is 0 Å². The number of aryl methyl sites for hydroxylation is 2. The van der Waals surface area contributed by atoms with Crippen molar-refractivity contribution in [2.45, 2.75) is 13.8 Å². The van der Waals surface area contributed by atoms with Gasteiger partial charge in [-0.05, 0) is 26.0 Å². The zero-order valence-electron chi connectivity index (χ0n) is 19.1. The molecule has 0 amide bonds. The number of nitro benzene ring substituents is 1. The maximum Gasteiger partial charge on any atom is 0.340 e. The van der Waals surface area contributed by atoms with Crippen LogP contribution in [0.1, 0.15) is 22.8 Å². The molecule has 0 aliphatic carbocycles. The fraction of sp³-hybridized carbons (Fsp3) is 0.208. The lowest BCUT2D eigenvalue weighted by Crippen LogP contribution is -2.36. The Morgan fingerprint density at radius 3 is 2.47 bits per heavy atom. The molecule has 0 N–H and O–H groups in total. The highest BCUT2D eigenvalue weighted by molar-refractivity contribution is 5.98. The average molecular weight is 462 g/mol. The number of rotatable bonds is 5. The van der Waals surface area contributed by atoms with E-state index in [2.05, 4.69) is 0 Å². The molecule has 4 aromatic rings. The van der Waals surface area contributed by atoms with Crippen LogP contribution in [0.2, 0.25) is 0 Å². The molecule has 4 rings (SSSR count). The van der Waals surface area contributed by atoms with Crippen molar-refractivity contribution in [3.8, 4) is 16.9 Å². The molecule has 0 atom stereocenters. The monoisotopic (exact) mass is 462 g/mol. The van der Waals surface area contributed by atoms with Crippen LogP contribution in [0.3, 0.4) is 0 Å². The molecular weight excluding hydrogens is 440 g/mol. The van der Waals surface area contributed by atoms with Crippen molar-refractivity contribution in [1.82, 2.24) is 13.7 Å². The number of ether oxygens (including phenoxy) is 1. The third-order valence-electron chi connectivity index (χ3n) is 5.78. The number of benzene rings is 2. The molecule has 34 heavy (non-hydrogen) atoms. The van der Waals surface area contributed by atoms with Crippen molar-refractivity contribution < 1.29 is 14.5 Å². The molecule has 0 spiro atoms. The second kappa shape index (κ2) is 8.47. The van der Waals surface area contributed by atoms with Crippen LogP contribution in [-0.2, 0) is 18.8 Å². The number of hydrogen-bond acceptors (Lipinski definition) is 6. The fourth-order valence-corrected chi connectivity index (χ4v) is 4.03. The summed E-state index contributed by atoms with van der Waals surface area (Å²) in [5.74, 6) is -0.557. The Balaban J connectivity index is 2.19. The summed E-state index contributed by atoms with van der Waals surface area (Å²) in [5.41, 5.74) is 0.970. The largest absolute Gasteiger partial charge is 0.462 e. The van der Waals surface area contributed by atoms with Gasteiger partial charge in [-0.1, -0.05) is 24.3 Å². The number of esters is 1. The van der Waals surface area contributed by atoms with Crippen LogP contribution >= 0.6 is 0 Å². The lowest BCUT2D eigenvalue weighted by Gasteiger charge is -2.14. The van der Waals surface area contributed by atoms with E-state index in [1.807, 2.05) is 0 Å². The number of nitro groups is 1. The topological polar surface area (TPSA) is 118 Å². The standard InChI is InChI=1S/C24H22N4O6/c1-5-34-23(30)16-8-6-7-9-17(16)27-13-19-20(22(29)26(4)24(31)25(19)3)21(27)15-11-10-14(2)18(12-15)28(32)33/h6-13H,5H2,1-4H3. The molecule has 0 aliphatic heterocycles. The van der Waals surface area contributed by atoms with E-state index in [1.165, 1.54) is 24.7 Å². The molecule has 10 nitrogen and oxygen atoms in total. The highest BCUT2D eigenvalue weighted by Gasteiger charge is 2.24. The van der Waals surface area contributed by atoms with Gasteiger partial charge in [0, 0.05) is 37.5 Å². The Morgan fingerprint density at radius 2 is 1.79 bits per heavy atom. The van der Waals surface area contributed by atoms with Crippen LogP contribution in [0, 0.1) is 17.0 Å². The van der Waals surface area contributed by atoms with Gasteiger partial charge in [-0.15, -0.1) is 0 Å². The minimum Gasteiger partial charge on any atom is -0.462 e. The molecule has 0 unspecified atom stereocenters. The van der Waals surface area contributed by atoms with E-state index >= 15 is 0 Å². The van der Waals surface area contributed by atoms with Crippen molar-refractivity contribution >= 4 is 22.6 Å². The van der Waals surface area contributed by atoms with Crippen LogP contribution < -0.4 is 11.2 Å². The molecule has 2 aromatic carbocycles. The molecule has 0 radical (unpaired) electrons. The van der Waals surface area contributed by atoms with Crippen LogP contribution in [0.15, 0.2) is 58.3 Å². The first-order valence-corrected chi connectivity index (χ1v) is 10.5. The van der Waals surface area contributed by atoms with Crippen molar-refractivity contribution in [3.05, 3.63) is 90.7 Å². The van der Waals surface area contributed by atoms with Crippen molar-refractivity contribution in [2.75, 3.05) is 6.61 Å². The van der Waals surface area contributed by atoms with Crippen molar-refractivity contribution in [3.63, 3.8) is 0 Å². The lowest BCUT2D eigenvalue weighted by atomic mass is 10.0. The molecule has 0 aliphatic rings. The van der Waals surface area contributed by atoms with E-state index < -0.39 is 22.1 Å². The number of carbonyl (C=O) groups is 1. The fourth-order valence-electron chi connectivity index (χ4n) is 4.03. The van der Waals surface area contributed by atoms with Gasteiger partial charge in [-0.3, -0.25) is 24.0 Å². The lowest BCUT2D eigenvalue weighted by molar-refractivity contribution is -0.385. The van der Waals surface area contributed by atoms with E-state index in [1.54, 1.807) is 61.0 Å². The van der Waals surface area contributed by atoms with E-state index in [0.29, 0.717) is 28.0 Å². The van der Waals surface area contributed by atoms with Crippen LogP contribution in [-0.4, -0.2) is 31.2 Å². The second-order valence-electron chi connectivity index (χ2n) is 7.81. The third-order valence-corrected chi connectivity index (χ3v) is 5.78. The SMILES string of the molecule is CCOC(=O)c1ccccc1-n1cc2c(c1-c1ccc(C)c([N+](=O)[O-])c1)c(=O)n(C)c(=O)n2C. The van der Waals surface area contributed by atoms with Gasteiger partial charge in [-0.2, -0.15) is 0 Å². The molecule has 10 heteroatoms. The summed E-state index contributed by atoms with van der Waals surface area (Å²) in [6.07, 6.45) is 1.58. The highest BCUT2D eigenvalue weighted by Crippen LogP contribution is 2.34. The predicted molar refractivity (Wildman–Crippen MR) is 127 cm³/mol. The Labute approximate surface area is 193 Å². The highest BCUT2D eigenvalue weighted by atomic mass is 16.6. The van der Waals surface area contributed by atoms with E-state index in [-0.39, 0.29) is 23.2 Å². The van der Waals surface area contributed by atoms with Gasteiger partial charge < -0.3 is 9.30 Å². The summed E-state index contributed by atoms with van der Waals surface area (Å²) >= 11 is 0. The van der Waals surface area contributed by atoms with Gasteiger partial charge in [0.25, 0.3) is 11.2 Å². The minimum atomic E-state index is -0.557. The number of nitrogens with zero attached hydrogens (tertiary/aromatic N) is 4. The molecule has 2 aromatic heterocycles. The smallest absolute Gasteiger partial charge is 0.340 e. The summed E-state index contributed by atoms with van der Waals surface area (Å²) in [5, 5.41) is 11.8. The Morgan fingerprint density at radius 1 is 1.09 bits per heavy atom. The third kappa shape index (κ3) is 3.49. The minimum absolute atomic E-state index is 0.112. The molecular formula is C24H22N4O6. The van der Waals surface area contributed by atoms with Crippen molar-refractivity contribution in [1.29, 1.82) is 0 Å². The van der Waals surface area contributed by atoms with Crippen LogP contribution in [0.25, 0.3) is 27.8 Å². The summed E-state index contributed by atoms with van der Waals surface area (Å²) in [7, 11) is 2.91. The second-order valence-corrected chi connectivity index (χ2v) is 7.81. The Bertz CT molecular complexity index is 1590. The van der Waals surface area contributed by atoms with E-state index in [9.17, 15) is 24.5 Å². The molecule has 0 fully saturated rings. The summed E-state index contributed by atoms with van der Waals surface area (Å²) < 4.78 is 9.11. The molecule has 0 bridgehead atoms. The zero-order chi connectivity index (χ0) is 24.7. The summed E-state index contributed by atoms with van der Waals surface area (Å²) in [4.78, 5) is 49.7. The maximum absolute atomic E-state index is 13.3. The molecule has 174 valence electrons. The Hall–Kier alpha value is -4.47.